The van der Waals surface area contributed by atoms with Gasteiger partial charge in [0.05, 0.1) is 0 Å². The number of H-pyrrole nitrogens is 3. The number of aromatic nitrogens is 4. The molecule has 0 radical (unpaired) electrons. The van der Waals surface area contributed by atoms with Crippen molar-refractivity contribution in [3.05, 3.63) is 48.5 Å². The Kier molecular flexibility index (Phi) is 2.79. The molecule has 0 fully saturated rings. The van der Waals surface area contributed by atoms with Crippen LogP contribution in [-0.2, 0) is 0 Å². The third-order valence-electron chi connectivity index (χ3n) is 2.53. The van der Waals surface area contributed by atoms with Crippen LogP contribution in [0.1, 0.15) is 0 Å². The van der Waals surface area contributed by atoms with E-state index in [1.54, 1.807) is 18.2 Å². The Bertz CT molecular complexity index is 875. The molecule has 3 aromatic rings. The summed E-state index contributed by atoms with van der Waals surface area (Å²) in [5, 5.41) is 0.534. The van der Waals surface area contributed by atoms with Gasteiger partial charge >= 0.3 is 5.69 Å². The van der Waals surface area contributed by atoms with Crippen LogP contribution in [0.5, 0.6) is 0 Å². The molecule has 8 heteroatoms. The summed E-state index contributed by atoms with van der Waals surface area (Å²) in [6.07, 6.45) is 0. The molecule has 0 saturated heterocycles. The molecule has 2 heterocycles. The SMILES string of the molecule is O=c1[nH]c(=O)c2[nH]c(-c3cc(Cl)cc(Br)c3)nc2[nH]1. The maximum Gasteiger partial charge on any atom is 0.327 e. The fourth-order valence-corrected chi connectivity index (χ4v) is 2.62. The zero-order valence-electron chi connectivity index (χ0n) is 9.25. The molecule has 0 spiro atoms. The summed E-state index contributed by atoms with van der Waals surface area (Å²) in [5.74, 6) is 0.450. The Morgan fingerprint density at radius 3 is 2.63 bits per heavy atom. The highest BCUT2D eigenvalue weighted by atomic mass is 79.9. The number of nitrogens with zero attached hydrogens (tertiary/aromatic N) is 1. The maximum absolute atomic E-state index is 11.6. The molecular weight excluding hydrogens is 336 g/mol. The van der Waals surface area contributed by atoms with E-state index in [1.807, 2.05) is 0 Å². The predicted molar refractivity (Wildman–Crippen MR) is 75.5 cm³/mol. The van der Waals surface area contributed by atoms with Crippen molar-refractivity contribution in [2.24, 2.45) is 0 Å². The highest BCUT2D eigenvalue weighted by molar-refractivity contribution is 9.10. The van der Waals surface area contributed by atoms with Gasteiger partial charge in [-0.2, -0.15) is 0 Å². The highest BCUT2D eigenvalue weighted by Crippen LogP contribution is 2.26. The number of nitrogens with one attached hydrogen (secondary N) is 3. The van der Waals surface area contributed by atoms with Crippen LogP contribution in [0, 0.1) is 0 Å². The molecule has 3 N–H and O–H groups in total. The number of benzene rings is 1. The van der Waals surface area contributed by atoms with Crippen molar-refractivity contribution in [1.82, 2.24) is 19.9 Å². The summed E-state index contributed by atoms with van der Waals surface area (Å²) in [4.78, 5) is 34.4. The molecule has 0 unspecified atom stereocenters. The molecule has 0 aliphatic carbocycles. The largest absolute Gasteiger partial charge is 0.332 e. The molecule has 6 nitrogen and oxygen atoms in total. The van der Waals surface area contributed by atoms with Crippen LogP contribution in [-0.4, -0.2) is 19.9 Å². The van der Waals surface area contributed by atoms with E-state index in [4.69, 9.17) is 11.6 Å². The molecule has 0 aliphatic rings. The van der Waals surface area contributed by atoms with E-state index in [1.165, 1.54) is 0 Å². The number of rotatable bonds is 1. The standard InChI is InChI=1S/C11H6BrClN4O2/c12-5-1-4(2-6(13)3-5)8-14-7-9(15-8)16-11(19)17-10(7)18/h1-3H,(H3,14,15,16,17,18,19). The van der Waals surface area contributed by atoms with Crippen molar-refractivity contribution in [2.75, 3.05) is 0 Å². The van der Waals surface area contributed by atoms with Gasteiger partial charge < -0.3 is 4.98 Å². The van der Waals surface area contributed by atoms with E-state index in [9.17, 15) is 9.59 Å². The lowest BCUT2D eigenvalue weighted by atomic mass is 10.2. The smallest absolute Gasteiger partial charge is 0.327 e. The van der Waals surface area contributed by atoms with Crippen molar-refractivity contribution in [1.29, 1.82) is 0 Å². The van der Waals surface area contributed by atoms with Crippen molar-refractivity contribution < 1.29 is 0 Å². The van der Waals surface area contributed by atoms with Crippen molar-refractivity contribution in [3.8, 4) is 11.4 Å². The fraction of sp³-hybridized carbons (Fsp3) is 0. The molecule has 0 atom stereocenters. The van der Waals surface area contributed by atoms with Gasteiger partial charge in [0.25, 0.3) is 5.56 Å². The van der Waals surface area contributed by atoms with Gasteiger partial charge in [-0.3, -0.25) is 14.8 Å². The highest BCUT2D eigenvalue weighted by Gasteiger charge is 2.10. The monoisotopic (exact) mass is 340 g/mol. The number of hydrogen-bond acceptors (Lipinski definition) is 3. The summed E-state index contributed by atoms with van der Waals surface area (Å²) in [6.45, 7) is 0. The molecule has 2 aromatic heterocycles. The van der Waals surface area contributed by atoms with E-state index in [0.29, 0.717) is 16.4 Å². The molecule has 3 rings (SSSR count). The average Bonchev–Trinajstić information content (AvgIpc) is 2.71. The van der Waals surface area contributed by atoms with E-state index in [-0.39, 0.29) is 11.2 Å². The van der Waals surface area contributed by atoms with Gasteiger partial charge in [-0.15, -0.1) is 0 Å². The Morgan fingerprint density at radius 1 is 1.11 bits per heavy atom. The minimum Gasteiger partial charge on any atom is -0.332 e. The lowest BCUT2D eigenvalue weighted by Crippen LogP contribution is -2.21. The second-order valence-corrected chi connectivity index (χ2v) is 5.23. The number of halogens is 2. The van der Waals surface area contributed by atoms with Crippen LogP contribution in [0.3, 0.4) is 0 Å². The van der Waals surface area contributed by atoms with E-state index < -0.39 is 11.2 Å². The minimum atomic E-state index is -0.595. The van der Waals surface area contributed by atoms with Gasteiger partial charge in [-0.05, 0) is 18.2 Å². The molecule has 1 aromatic carbocycles. The third kappa shape index (κ3) is 2.22. The maximum atomic E-state index is 11.6. The first-order chi connectivity index (χ1) is 9.02. The van der Waals surface area contributed by atoms with Crippen molar-refractivity contribution in [2.45, 2.75) is 0 Å². The zero-order valence-corrected chi connectivity index (χ0v) is 11.6. The minimum absolute atomic E-state index is 0.208. The Balaban J connectivity index is 2.29. The Labute approximate surface area is 119 Å². The van der Waals surface area contributed by atoms with E-state index >= 15 is 0 Å². The Hall–Kier alpha value is -1.86. The molecule has 0 saturated carbocycles. The normalized spacial score (nSPS) is 11.1. The van der Waals surface area contributed by atoms with Crippen LogP contribution in [0.25, 0.3) is 22.6 Å². The first-order valence-electron chi connectivity index (χ1n) is 5.22. The van der Waals surface area contributed by atoms with Crippen LogP contribution < -0.4 is 11.2 Å². The third-order valence-corrected chi connectivity index (χ3v) is 3.20. The number of fused-ring (bicyclic) bond motifs is 1. The first-order valence-corrected chi connectivity index (χ1v) is 6.39. The quantitative estimate of drug-likeness (QED) is 0.632. The van der Waals surface area contributed by atoms with Crippen molar-refractivity contribution >= 4 is 38.7 Å². The zero-order chi connectivity index (χ0) is 13.6. The topological polar surface area (TPSA) is 94.4 Å². The summed E-state index contributed by atoms with van der Waals surface area (Å²) in [7, 11) is 0. The van der Waals surface area contributed by atoms with E-state index in [0.717, 1.165) is 4.47 Å². The molecule has 96 valence electrons. The van der Waals surface area contributed by atoms with Gasteiger partial charge in [0.2, 0.25) is 0 Å². The molecule has 19 heavy (non-hydrogen) atoms. The molecule has 0 aliphatic heterocycles. The van der Waals surface area contributed by atoms with Gasteiger partial charge in [0, 0.05) is 15.1 Å². The number of imidazole rings is 1. The van der Waals surface area contributed by atoms with Gasteiger partial charge in [-0.25, -0.2) is 9.78 Å². The summed E-state index contributed by atoms with van der Waals surface area (Å²) in [5.41, 5.74) is 0.0165. The predicted octanol–water partition coefficient (Wildman–Crippen LogP) is 2.02. The van der Waals surface area contributed by atoms with E-state index in [2.05, 4.69) is 35.9 Å². The number of aromatic amines is 3. The van der Waals surface area contributed by atoms with Crippen LogP contribution >= 0.6 is 27.5 Å². The molecule has 0 amide bonds. The van der Waals surface area contributed by atoms with Crippen LogP contribution in [0.2, 0.25) is 5.02 Å². The molecule has 0 bridgehead atoms. The fourth-order valence-electron chi connectivity index (χ4n) is 1.76. The number of hydrogen-bond donors (Lipinski definition) is 3. The van der Waals surface area contributed by atoms with Crippen LogP contribution in [0.4, 0.5) is 0 Å². The Morgan fingerprint density at radius 2 is 1.89 bits per heavy atom. The van der Waals surface area contributed by atoms with Gasteiger partial charge in [-0.1, -0.05) is 27.5 Å². The van der Waals surface area contributed by atoms with Crippen LogP contribution in [0.15, 0.2) is 32.3 Å². The lowest BCUT2D eigenvalue weighted by Gasteiger charge is -1.98. The lowest BCUT2D eigenvalue weighted by molar-refractivity contribution is 1.07. The summed E-state index contributed by atoms with van der Waals surface area (Å²) in [6, 6.07) is 5.24. The first kappa shape index (κ1) is 12.2. The van der Waals surface area contributed by atoms with Gasteiger partial charge in [0.1, 0.15) is 11.3 Å². The summed E-state index contributed by atoms with van der Waals surface area (Å²) < 4.78 is 0.790. The second kappa shape index (κ2) is 4.36. The summed E-state index contributed by atoms with van der Waals surface area (Å²) >= 11 is 9.29. The second-order valence-electron chi connectivity index (χ2n) is 3.88. The average molecular weight is 342 g/mol. The van der Waals surface area contributed by atoms with Gasteiger partial charge in [0.15, 0.2) is 5.65 Å². The van der Waals surface area contributed by atoms with Crippen molar-refractivity contribution in [3.63, 3.8) is 0 Å². The molecular formula is C11H6BrClN4O2.